The molecule has 1 aliphatic heterocycles. The van der Waals surface area contributed by atoms with Gasteiger partial charge in [0.25, 0.3) is 0 Å². The number of nitrogens with one attached hydrogen (secondary N) is 1. The van der Waals surface area contributed by atoms with Gasteiger partial charge in [0, 0.05) is 38.3 Å². The van der Waals surface area contributed by atoms with Crippen molar-refractivity contribution in [1.29, 1.82) is 0 Å². The smallest absolute Gasteiger partial charge is 0.324 e. The van der Waals surface area contributed by atoms with Crippen LogP contribution in [-0.4, -0.2) is 44.0 Å². The number of imide groups is 1. The number of carboxylic acid groups (broad SMARTS) is 1. The fourth-order valence-corrected chi connectivity index (χ4v) is 2.28. The molecule has 8 nitrogen and oxygen atoms in total. The lowest BCUT2D eigenvalue weighted by molar-refractivity contribution is -0.138. The number of carbonyl (C=O) groups excluding carboxylic acids is 2. The summed E-state index contributed by atoms with van der Waals surface area (Å²) in [5.41, 5.74) is 0. The van der Waals surface area contributed by atoms with Gasteiger partial charge in [-0.25, -0.2) is 9.78 Å². The van der Waals surface area contributed by atoms with Gasteiger partial charge < -0.3 is 14.6 Å². The molecule has 2 rings (SSSR count). The lowest BCUT2D eigenvalue weighted by atomic mass is 10.0. The van der Waals surface area contributed by atoms with E-state index in [1.54, 1.807) is 13.1 Å². The molecule has 1 unspecified atom stereocenters. The Labute approximate surface area is 121 Å². The summed E-state index contributed by atoms with van der Waals surface area (Å²) in [7, 11) is 0. The fraction of sp³-hybridized carbons (Fsp3) is 0.538. The maximum Gasteiger partial charge on any atom is 0.324 e. The number of imidazole rings is 1. The van der Waals surface area contributed by atoms with E-state index in [9.17, 15) is 14.4 Å². The van der Waals surface area contributed by atoms with Crippen molar-refractivity contribution in [2.24, 2.45) is 5.92 Å². The van der Waals surface area contributed by atoms with E-state index < -0.39 is 17.9 Å². The number of rotatable bonds is 4. The lowest BCUT2D eigenvalue weighted by Crippen LogP contribution is -2.46. The molecule has 0 spiro atoms. The van der Waals surface area contributed by atoms with Crippen molar-refractivity contribution >= 4 is 17.9 Å². The highest BCUT2D eigenvalue weighted by atomic mass is 16.4. The van der Waals surface area contributed by atoms with E-state index >= 15 is 0 Å². The average Bonchev–Trinajstić information content (AvgIpc) is 2.84. The second-order valence-corrected chi connectivity index (χ2v) is 5.22. The van der Waals surface area contributed by atoms with Gasteiger partial charge >= 0.3 is 12.0 Å². The number of aliphatic carboxylic acids is 1. The Hall–Kier alpha value is -2.38. The molecule has 1 aliphatic rings. The summed E-state index contributed by atoms with van der Waals surface area (Å²) >= 11 is 0. The van der Waals surface area contributed by atoms with Crippen LogP contribution in [0.4, 0.5) is 4.79 Å². The molecule has 8 heteroatoms. The number of carbonyl (C=O) groups is 3. The van der Waals surface area contributed by atoms with Gasteiger partial charge in [-0.15, -0.1) is 0 Å². The van der Waals surface area contributed by atoms with Crippen LogP contribution in [-0.2, 0) is 22.7 Å². The number of fused-ring (bicyclic) bond motifs is 1. The van der Waals surface area contributed by atoms with Gasteiger partial charge in [-0.05, 0) is 5.92 Å². The number of aromatic nitrogens is 2. The predicted molar refractivity (Wildman–Crippen MR) is 72.2 cm³/mol. The van der Waals surface area contributed by atoms with Gasteiger partial charge in [0.05, 0.1) is 6.54 Å². The number of hydrogen-bond acceptors (Lipinski definition) is 4. The number of nitrogens with zero attached hydrogens (tertiary/aromatic N) is 3. The van der Waals surface area contributed by atoms with Crippen molar-refractivity contribution in [2.45, 2.75) is 32.9 Å². The van der Waals surface area contributed by atoms with E-state index in [1.165, 1.54) is 4.90 Å². The highest BCUT2D eigenvalue weighted by Crippen LogP contribution is 2.11. The van der Waals surface area contributed by atoms with Crippen molar-refractivity contribution in [2.75, 3.05) is 6.54 Å². The van der Waals surface area contributed by atoms with Crippen LogP contribution in [0.1, 0.15) is 25.6 Å². The third kappa shape index (κ3) is 4.04. The monoisotopic (exact) mass is 294 g/mol. The molecule has 0 saturated heterocycles. The van der Waals surface area contributed by atoms with Gasteiger partial charge in [0.15, 0.2) is 0 Å². The Morgan fingerprint density at radius 1 is 1.38 bits per heavy atom. The van der Waals surface area contributed by atoms with Crippen LogP contribution < -0.4 is 5.32 Å². The third-order valence-electron chi connectivity index (χ3n) is 3.34. The van der Waals surface area contributed by atoms with E-state index in [1.807, 2.05) is 10.8 Å². The van der Waals surface area contributed by atoms with Crippen LogP contribution in [0.15, 0.2) is 12.4 Å². The second-order valence-electron chi connectivity index (χ2n) is 5.22. The zero-order valence-corrected chi connectivity index (χ0v) is 11.8. The Kier molecular flexibility index (Phi) is 4.56. The maximum atomic E-state index is 12.0. The fourth-order valence-electron chi connectivity index (χ4n) is 2.28. The maximum absolute atomic E-state index is 12.0. The Balaban J connectivity index is 1.82. The van der Waals surface area contributed by atoms with E-state index in [4.69, 9.17) is 5.11 Å². The highest BCUT2D eigenvalue weighted by Gasteiger charge is 2.23. The number of urea groups is 1. The molecule has 0 aromatic carbocycles. The van der Waals surface area contributed by atoms with Crippen molar-refractivity contribution in [3.05, 3.63) is 18.2 Å². The van der Waals surface area contributed by atoms with E-state index in [0.717, 1.165) is 5.82 Å². The number of amides is 3. The predicted octanol–water partition coefficient (Wildman–Crippen LogP) is 0.436. The van der Waals surface area contributed by atoms with Crippen molar-refractivity contribution in [1.82, 2.24) is 19.8 Å². The first-order valence-electron chi connectivity index (χ1n) is 6.76. The average molecular weight is 294 g/mol. The van der Waals surface area contributed by atoms with Crippen LogP contribution in [0.5, 0.6) is 0 Å². The van der Waals surface area contributed by atoms with Gasteiger partial charge in [-0.2, -0.15) is 0 Å². The Bertz CT molecular complexity index is 554. The van der Waals surface area contributed by atoms with E-state index in [-0.39, 0.29) is 18.8 Å². The minimum absolute atomic E-state index is 0.0144. The van der Waals surface area contributed by atoms with E-state index in [0.29, 0.717) is 19.6 Å². The molecular formula is C13H18N4O4. The standard InChI is InChI=1S/C13H18N4O4/c1-9(7-12(19)20)6-11(18)15-13(21)17-5-4-16-3-2-14-10(16)8-17/h2-3,9H,4-8H2,1H3,(H,19,20)(H,15,18,21). The summed E-state index contributed by atoms with van der Waals surface area (Å²) in [6.45, 7) is 3.17. The quantitative estimate of drug-likeness (QED) is 0.838. The molecular weight excluding hydrogens is 276 g/mol. The first-order valence-corrected chi connectivity index (χ1v) is 6.76. The molecule has 0 bridgehead atoms. The lowest BCUT2D eigenvalue weighted by Gasteiger charge is -2.27. The van der Waals surface area contributed by atoms with Crippen LogP contribution >= 0.6 is 0 Å². The molecule has 114 valence electrons. The van der Waals surface area contributed by atoms with E-state index in [2.05, 4.69) is 10.3 Å². The van der Waals surface area contributed by atoms with Crippen LogP contribution in [0.2, 0.25) is 0 Å². The molecule has 1 aromatic heterocycles. The SMILES string of the molecule is CC(CC(=O)O)CC(=O)NC(=O)N1CCn2ccnc2C1. The van der Waals surface area contributed by atoms with Crippen LogP contribution in [0.25, 0.3) is 0 Å². The largest absolute Gasteiger partial charge is 0.481 e. The third-order valence-corrected chi connectivity index (χ3v) is 3.34. The van der Waals surface area contributed by atoms with Gasteiger partial charge in [0.2, 0.25) is 5.91 Å². The van der Waals surface area contributed by atoms with Gasteiger partial charge in [-0.1, -0.05) is 6.92 Å². The topological polar surface area (TPSA) is 105 Å². The molecule has 2 N–H and O–H groups in total. The second kappa shape index (κ2) is 6.38. The molecule has 3 amide bonds. The molecule has 2 heterocycles. The molecule has 1 atom stereocenters. The minimum Gasteiger partial charge on any atom is -0.481 e. The summed E-state index contributed by atoms with van der Waals surface area (Å²) in [5.74, 6) is -0.939. The zero-order chi connectivity index (χ0) is 15.4. The Morgan fingerprint density at radius 3 is 2.86 bits per heavy atom. The normalized spacial score (nSPS) is 15.2. The summed E-state index contributed by atoms with van der Waals surface area (Å²) in [6.07, 6.45) is 3.45. The summed E-state index contributed by atoms with van der Waals surface area (Å²) in [6, 6.07) is -0.461. The molecule has 21 heavy (non-hydrogen) atoms. The molecule has 0 aliphatic carbocycles. The molecule has 0 radical (unpaired) electrons. The van der Waals surface area contributed by atoms with Crippen molar-refractivity contribution in [3.8, 4) is 0 Å². The summed E-state index contributed by atoms with van der Waals surface area (Å²) in [4.78, 5) is 39.9. The zero-order valence-electron chi connectivity index (χ0n) is 11.8. The highest BCUT2D eigenvalue weighted by molar-refractivity contribution is 5.94. The van der Waals surface area contributed by atoms with Gasteiger partial charge in [0.1, 0.15) is 5.82 Å². The first kappa shape index (κ1) is 15.0. The summed E-state index contributed by atoms with van der Waals surface area (Å²) < 4.78 is 1.96. The van der Waals surface area contributed by atoms with Crippen LogP contribution in [0, 0.1) is 5.92 Å². The van der Waals surface area contributed by atoms with Gasteiger partial charge in [-0.3, -0.25) is 14.9 Å². The number of hydrogen-bond donors (Lipinski definition) is 2. The molecule has 0 saturated carbocycles. The first-order chi connectivity index (χ1) is 9.95. The minimum atomic E-state index is -0.954. The van der Waals surface area contributed by atoms with Crippen LogP contribution in [0.3, 0.4) is 0 Å². The Morgan fingerprint density at radius 2 is 2.14 bits per heavy atom. The molecule has 0 fully saturated rings. The van der Waals surface area contributed by atoms with Crippen molar-refractivity contribution < 1.29 is 19.5 Å². The van der Waals surface area contributed by atoms with Crippen molar-refractivity contribution in [3.63, 3.8) is 0 Å². The summed E-state index contributed by atoms with van der Waals surface area (Å²) in [5, 5.41) is 10.9. The molecule has 1 aromatic rings. The number of carboxylic acids is 1.